The van der Waals surface area contributed by atoms with Crippen LogP contribution in [0.25, 0.3) is 0 Å². The van der Waals surface area contributed by atoms with Gasteiger partial charge in [-0.3, -0.25) is 4.68 Å². The first-order valence-electron chi connectivity index (χ1n) is 3.80. The minimum atomic E-state index is -4.38. The van der Waals surface area contributed by atoms with E-state index in [1.54, 1.807) is 17.9 Å². The Hall–Kier alpha value is -0.910. The van der Waals surface area contributed by atoms with E-state index < -0.39 is 16.0 Å². The summed E-state index contributed by atoms with van der Waals surface area (Å²) in [7, 11) is -2.64. The van der Waals surface area contributed by atoms with Crippen molar-refractivity contribution < 1.29 is 12.3 Å². The van der Waals surface area contributed by atoms with E-state index in [0.29, 0.717) is 5.69 Å². The molecule has 6 heteroatoms. The van der Waals surface area contributed by atoms with Crippen LogP contribution in [0.1, 0.15) is 11.3 Å². The van der Waals surface area contributed by atoms with Crippen LogP contribution in [0.3, 0.4) is 0 Å². The molecule has 74 valence electrons. The van der Waals surface area contributed by atoms with Gasteiger partial charge in [0.15, 0.2) is 0 Å². The highest BCUT2D eigenvalue weighted by Crippen LogP contribution is 2.06. The van der Waals surface area contributed by atoms with Crippen LogP contribution in [0, 0.1) is 6.92 Å². The zero-order valence-electron chi connectivity index (χ0n) is 7.49. The first-order chi connectivity index (χ1) is 5.88. The van der Waals surface area contributed by atoms with Crippen LogP contribution < -0.4 is 0 Å². The monoisotopic (exact) mass is 206 g/mol. The van der Waals surface area contributed by atoms with Gasteiger partial charge in [0.1, 0.15) is 0 Å². The lowest BCUT2D eigenvalue weighted by molar-refractivity contribution is 0.550. The van der Waals surface area contributed by atoms with Gasteiger partial charge in [0.2, 0.25) is 0 Å². The zero-order chi connectivity index (χ0) is 10.1. The van der Waals surface area contributed by atoms with E-state index >= 15 is 0 Å². The molecule has 1 rings (SSSR count). The van der Waals surface area contributed by atoms with Crippen molar-refractivity contribution in [3.63, 3.8) is 0 Å². The van der Waals surface area contributed by atoms with E-state index in [9.17, 15) is 12.3 Å². The van der Waals surface area contributed by atoms with E-state index in [4.69, 9.17) is 0 Å². The number of rotatable bonds is 3. The summed E-state index contributed by atoms with van der Waals surface area (Å²) in [5, 5.41) is 4.00. The van der Waals surface area contributed by atoms with Gasteiger partial charge in [0, 0.05) is 19.7 Å². The topological polar surface area (TPSA) is 52.0 Å². The van der Waals surface area contributed by atoms with Gasteiger partial charge >= 0.3 is 10.2 Å². The molecule has 1 heterocycles. The molecule has 0 aliphatic rings. The summed E-state index contributed by atoms with van der Waals surface area (Å²) in [4.78, 5) is 0. The molecule has 1 aromatic heterocycles. The van der Waals surface area contributed by atoms with Crippen molar-refractivity contribution in [3.8, 4) is 0 Å². The Labute approximate surface area is 76.6 Å². The predicted octanol–water partition coefficient (Wildman–Crippen LogP) is 0.570. The van der Waals surface area contributed by atoms with Crippen LogP contribution >= 0.6 is 0 Å². The second-order valence-corrected chi connectivity index (χ2v) is 4.41. The molecule has 0 aliphatic carbocycles. The van der Waals surface area contributed by atoms with Gasteiger partial charge in [-0.1, -0.05) is 0 Å². The Morgan fingerprint density at radius 2 is 2.23 bits per heavy atom. The normalized spacial score (nSPS) is 11.9. The summed E-state index contributed by atoms with van der Waals surface area (Å²) < 4.78 is 34.2. The fraction of sp³-hybridized carbons (Fsp3) is 0.571. The predicted molar refractivity (Wildman–Crippen MR) is 46.5 cm³/mol. The first-order valence-corrected chi connectivity index (χ1v) is 5.35. The van der Waals surface area contributed by atoms with Gasteiger partial charge in [-0.2, -0.15) is 13.5 Å². The smallest absolute Gasteiger partial charge is 0.275 e. The van der Waals surface area contributed by atoms with Crippen molar-refractivity contribution in [2.24, 2.45) is 7.05 Å². The second kappa shape index (κ2) is 3.45. The van der Waals surface area contributed by atoms with Crippen molar-refractivity contribution in [2.45, 2.75) is 13.3 Å². The summed E-state index contributed by atoms with van der Waals surface area (Å²) in [6.07, 6.45) is 1.89. The van der Waals surface area contributed by atoms with Crippen molar-refractivity contribution in [1.82, 2.24) is 9.78 Å². The molecule has 1 aromatic rings. The first kappa shape index (κ1) is 10.2. The van der Waals surface area contributed by atoms with Crippen LogP contribution in [0.4, 0.5) is 3.89 Å². The van der Waals surface area contributed by atoms with Gasteiger partial charge in [-0.25, -0.2) is 0 Å². The Morgan fingerprint density at radius 3 is 2.62 bits per heavy atom. The number of hydrogen-bond donors (Lipinski definition) is 0. The SMILES string of the molecule is Cc1cn(C)nc1CCS(=O)(=O)F. The molecule has 0 radical (unpaired) electrons. The summed E-state index contributed by atoms with van der Waals surface area (Å²) in [6, 6.07) is 0. The average molecular weight is 206 g/mol. The van der Waals surface area contributed by atoms with E-state index in [1.807, 2.05) is 6.92 Å². The quantitative estimate of drug-likeness (QED) is 0.679. The lowest BCUT2D eigenvalue weighted by Crippen LogP contribution is -2.03. The molecule has 0 spiro atoms. The molecule has 4 nitrogen and oxygen atoms in total. The van der Waals surface area contributed by atoms with Gasteiger partial charge in [0.05, 0.1) is 11.4 Å². The zero-order valence-corrected chi connectivity index (χ0v) is 8.31. The van der Waals surface area contributed by atoms with Crippen LogP contribution in [-0.2, 0) is 23.7 Å². The molecule has 0 fully saturated rings. The van der Waals surface area contributed by atoms with Crippen molar-refractivity contribution in [1.29, 1.82) is 0 Å². The standard InChI is InChI=1S/C7H11FN2O2S/c1-6-5-10(2)9-7(6)3-4-13(8,11)12/h5H,3-4H2,1-2H3. The molecule has 0 atom stereocenters. The largest absolute Gasteiger partial charge is 0.302 e. The Bertz CT molecular complexity index is 397. The number of nitrogens with zero attached hydrogens (tertiary/aromatic N) is 2. The van der Waals surface area contributed by atoms with Crippen molar-refractivity contribution >= 4 is 10.2 Å². The Kier molecular flexibility index (Phi) is 2.70. The number of aryl methyl sites for hydroxylation is 3. The molecule has 0 aromatic carbocycles. The van der Waals surface area contributed by atoms with E-state index in [1.165, 1.54) is 0 Å². The third-order valence-electron chi connectivity index (χ3n) is 1.70. The Balaban J connectivity index is 2.70. The molecular weight excluding hydrogens is 195 g/mol. The molecule has 0 N–H and O–H groups in total. The van der Waals surface area contributed by atoms with Crippen LogP contribution in [0.15, 0.2) is 6.20 Å². The third-order valence-corrected chi connectivity index (χ3v) is 2.39. The van der Waals surface area contributed by atoms with Crippen molar-refractivity contribution in [3.05, 3.63) is 17.5 Å². The van der Waals surface area contributed by atoms with Crippen LogP contribution in [0.2, 0.25) is 0 Å². The maximum absolute atomic E-state index is 12.2. The maximum atomic E-state index is 12.2. The van der Waals surface area contributed by atoms with Crippen molar-refractivity contribution in [2.75, 3.05) is 5.75 Å². The molecule has 0 amide bonds. The van der Waals surface area contributed by atoms with Crippen LogP contribution in [-0.4, -0.2) is 24.0 Å². The lowest BCUT2D eigenvalue weighted by atomic mass is 10.2. The van der Waals surface area contributed by atoms with Gasteiger partial charge in [-0.15, -0.1) is 3.89 Å². The number of aromatic nitrogens is 2. The Morgan fingerprint density at radius 1 is 1.62 bits per heavy atom. The molecule has 0 saturated heterocycles. The fourth-order valence-corrected chi connectivity index (χ4v) is 1.56. The lowest BCUT2D eigenvalue weighted by Gasteiger charge is -1.93. The van der Waals surface area contributed by atoms with E-state index in [0.717, 1.165) is 5.56 Å². The van der Waals surface area contributed by atoms with E-state index in [2.05, 4.69) is 5.10 Å². The highest BCUT2D eigenvalue weighted by Gasteiger charge is 2.10. The minimum absolute atomic E-state index is 0.130. The fourth-order valence-electron chi connectivity index (χ4n) is 1.12. The van der Waals surface area contributed by atoms with Gasteiger partial charge in [0.25, 0.3) is 0 Å². The summed E-state index contributed by atoms with van der Waals surface area (Å²) >= 11 is 0. The summed E-state index contributed by atoms with van der Waals surface area (Å²) in [5.74, 6) is -0.495. The van der Waals surface area contributed by atoms with Gasteiger partial charge < -0.3 is 0 Å². The second-order valence-electron chi connectivity index (χ2n) is 2.93. The minimum Gasteiger partial charge on any atom is -0.275 e. The molecular formula is C7H11FN2O2S. The summed E-state index contributed by atoms with van der Waals surface area (Å²) in [5.41, 5.74) is 1.51. The highest BCUT2D eigenvalue weighted by atomic mass is 32.3. The van der Waals surface area contributed by atoms with Gasteiger partial charge in [-0.05, 0) is 12.5 Å². The molecule has 0 bridgehead atoms. The number of halogens is 1. The molecule has 13 heavy (non-hydrogen) atoms. The summed E-state index contributed by atoms with van der Waals surface area (Å²) in [6.45, 7) is 1.81. The highest BCUT2D eigenvalue weighted by molar-refractivity contribution is 7.86. The third kappa shape index (κ3) is 3.14. The number of hydrogen-bond acceptors (Lipinski definition) is 3. The van der Waals surface area contributed by atoms with E-state index in [-0.39, 0.29) is 6.42 Å². The molecule has 0 saturated carbocycles. The maximum Gasteiger partial charge on any atom is 0.302 e. The van der Waals surface area contributed by atoms with Crippen LogP contribution in [0.5, 0.6) is 0 Å². The molecule has 0 unspecified atom stereocenters. The average Bonchev–Trinajstić information content (AvgIpc) is 2.24. The molecule has 0 aliphatic heterocycles.